The topological polar surface area (TPSA) is 43.4 Å². The maximum atomic E-state index is 12.6. The molecule has 4 aliphatic carbocycles. The minimum atomic E-state index is -4.48. The molecule has 0 saturated heterocycles. The molecule has 0 spiro atoms. The predicted molar refractivity (Wildman–Crippen MR) is 80.5 cm³/mol. The van der Waals surface area contributed by atoms with Crippen molar-refractivity contribution in [2.24, 2.45) is 23.7 Å². The van der Waals surface area contributed by atoms with Gasteiger partial charge in [-0.1, -0.05) is 0 Å². The Labute approximate surface area is 139 Å². The molecule has 0 aromatic heterocycles. The van der Waals surface area contributed by atoms with Crippen molar-refractivity contribution in [3.05, 3.63) is 29.8 Å². The first-order valence-corrected chi connectivity index (χ1v) is 9.74. The van der Waals surface area contributed by atoms with Crippen LogP contribution in [0.15, 0.2) is 29.2 Å². The van der Waals surface area contributed by atoms with Gasteiger partial charge < -0.3 is 0 Å². The average molecular weight is 360 g/mol. The van der Waals surface area contributed by atoms with Crippen LogP contribution < -0.4 is 0 Å². The van der Waals surface area contributed by atoms with Crippen molar-refractivity contribution >= 4 is 10.1 Å². The lowest BCUT2D eigenvalue weighted by atomic mass is 9.55. The van der Waals surface area contributed by atoms with Gasteiger partial charge >= 0.3 is 6.18 Å². The zero-order chi connectivity index (χ0) is 17.1. The molecule has 0 heterocycles. The molecular weight excluding hydrogens is 341 g/mol. The van der Waals surface area contributed by atoms with Gasteiger partial charge in [0, 0.05) is 0 Å². The van der Waals surface area contributed by atoms with Gasteiger partial charge in [0.15, 0.2) is 0 Å². The lowest BCUT2D eigenvalue weighted by Gasteiger charge is -2.53. The van der Waals surface area contributed by atoms with Gasteiger partial charge in [0.1, 0.15) is 0 Å². The van der Waals surface area contributed by atoms with Gasteiger partial charge in [-0.25, -0.2) is 0 Å². The van der Waals surface area contributed by atoms with E-state index in [4.69, 9.17) is 4.18 Å². The summed E-state index contributed by atoms with van der Waals surface area (Å²) in [6, 6.07) is 3.53. The summed E-state index contributed by atoms with van der Waals surface area (Å²) in [5.74, 6) is 1.93. The third kappa shape index (κ3) is 2.86. The number of rotatable bonds is 3. The van der Waals surface area contributed by atoms with E-state index in [0.717, 1.165) is 49.9 Å². The molecular formula is C17H19F3O3S. The van der Waals surface area contributed by atoms with Crippen LogP contribution in [0.25, 0.3) is 0 Å². The quantitative estimate of drug-likeness (QED) is 0.758. The Morgan fingerprint density at radius 1 is 0.875 bits per heavy atom. The highest BCUT2D eigenvalue weighted by Gasteiger charge is 2.50. The number of alkyl halides is 3. The zero-order valence-electron chi connectivity index (χ0n) is 13.0. The highest BCUT2D eigenvalue weighted by atomic mass is 32.2. The molecule has 7 heteroatoms. The average Bonchev–Trinajstić information content (AvgIpc) is 2.49. The van der Waals surface area contributed by atoms with E-state index in [-0.39, 0.29) is 22.8 Å². The van der Waals surface area contributed by atoms with Crippen LogP contribution in [0.5, 0.6) is 0 Å². The first kappa shape index (κ1) is 16.4. The van der Waals surface area contributed by atoms with E-state index in [1.165, 1.54) is 6.42 Å². The molecule has 0 aliphatic heterocycles. The van der Waals surface area contributed by atoms with E-state index >= 15 is 0 Å². The van der Waals surface area contributed by atoms with Gasteiger partial charge in [0.2, 0.25) is 0 Å². The molecule has 1 aromatic carbocycles. The summed E-state index contributed by atoms with van der Waals surface area (Å²) in [7, 11) is -4.03. The Bertz CT molecular complexity index is 696. The fraction of sp³-hybridized carbons (Fsp3) is 0.647. The summed E-state index contributed by atoms with van der Waals surface area (Å²) in [6.45, 7) is 0. The molecule has 24 heavy (non-hydrogen) atoms. The normalized spacial score (nSPS) is 35.4. The maximum Gasteiger partial charge on any atom is 0.416 e. The van der Waals surface area contributed by atoms with Crippen LogP contribution in [0.4, 0.5) is 13.2 Å². The van der Waals surface area contributed by atoms with Crippen LogP contribution in [-0.4, -0.2) is 14.5 Å². The van der Waals surface area contributed by atoms with Gasteiger partial charge in [0.05, 0.1) is 16.6 Å². The molecule has 0 amide bonds. The molecule has 4 saturated carbocycles. The number of hydrogen-bond acceptors (Lipinski definition) is 3. The predicted octanol–water partition coefficient (Wildman–Crippen LogP) is 4.24. The van der Waals surface area contributed by atoms with Crippen molar-refractivity contribution in [2.45, 2.75) is 49.3 Å². The molecule has 1 aromatic rings. The third-order valence-electron chi connectivity index (χ3n) is 5.85. The van der Waals surface area contributed by atoms with Crippen molar-refractivity contribution in [3.63, 3.8) is 0 Å². The standard InChI is InChI=1S/C17H19F3O3S/c18-17(19,20)14-1-3-15(4-2-14)24(21,22)23-16-12-6-10-5-11(8-12)9-13(16)7-10/h1-4,10-13,16H,5-9H2. The SMILES string of the molecule is O=S(=O)(OC1C2CC3CC(C2)CC1C3)c1ccc(C(F)(F)F)cc1. The molecule has 0 N–H and O–H groups in total. The maximum absolute atomic E-state index is 12.6. The molecule has 0 atom stereocenters. The highest BCUT2D eigenvalue weighted by Crippen LogP contribution is 2.55. The number of halogens is 3. The minimum Gasteiger partial charge on any atom is -0.262 e. The monoisotopic (exact) mass is 360 g/mol. The van der Waals surface area contributed by atoms with Crippen LogP contribution in [0.1, 0.15) is 37.7 Å². The van der Waals surface area contributed by atoms with E-state index < -0.39 is 21.9 Å². The summed E-state index contributed by atoms with van der Waals surface area (Å²) in [5, 5.41) is 0. The van der Waals surface area contributed by atoms with Crippen molar-refractivity contribution in [3.8, 4) is 0 Å². The lowest BCUT2D eigenvalue weighted by Crippen LogP contribution is -2.50. The minimum absolute atomic E-state index is 0.204. The second kappa shape index (κ2) is 5.46. The van der Waals surface area contributed by atoms with Gasteiger partial charge in [-0.15, -0.1) is 0 Å². The molecule has 132 valence electrons. The summed E-state index contributed by atoms with van der Waals surface area (Å²) in [6.07, 6.45) is 0.515. The molecule has 4 fully saturated rings. The van der Waals surface area contributed by atoms with Crippen LogP contribution in [0, 0.1) is 23.7 Å². The van der Waals surface area contributed by atoms with E-state index in [1.807, 2.05) is 0 Å². The van der Waals surface area contributed by atoms with E-state index in [2.05, 4.69) is 0 Å². The summed E-state index contributed by atoms with van der Waals surface area (Å²) in [4.78, 5) is -0.204. The Balaban J connectivity index is 1.53. The number of benzene rings is 1. The van der Waals surface area contributed by atoms with E-state index in [9.17, 15) is 21.6 Å². The Kier molecular flexibility index (Phi) is 3.73. The Morgan fingerprint density at radius 2 is 1.38 bits per heavy atom. The van der Waals surface area contributed by atoms with Crippen LogP contribution >= 0.6 is 0 Å². The van der Waals surface area contributed by atoms with E-state index in [0.29, 0.717) is 11.8 Å². The van der Waals surface area contributed by atoms with Crippen molar-refractivity contribution < 1.29 is 25.8 Å². The third-order valence-corrected chi connectivity index (χ3v) is 7.17. The largest absolute Gasteiger partial charge is 0.416 e. The molecule has 5 rings (SSSR count). The van der Waals surface area contributed by atoms with E-state index in [1.54, 1.807) is 0 Å². The number of hydrogen-bond donors (Lipinski definition) is 0. The van der Waals surface area contributed by atoms with Crippen LogP contribution in [0.2, 0.25) is 0 Å². The first-order chi connectivity index (χ1) is 11.2. The molecule has 4 bridgehead atoms. The summed E-state index contributed by atoms with van der Waals surface area (Å²) >= 11 is 0. The van der Waals surface area contributed by atoms with Crippen molar-refractivity contribution in [1.82, 2.24) is 0 Å². The van der Waals surface area contributed by atoms with Crippen LogP contribution in [0.3, 0.4) is 0 Å². The summed E-state index contributed by atoms with van der Waals surface area (Å²) < 4.78 is 68.3. The second-order valence-electron chi connectivity index (χ2n) is 7.47. The Morgan fingerprint density at radius 3 is 1.83 bits per heavy atom. The smallest absolute Gasteiger partial charge is 0.262 e. The molecule has 0 radical (unpaired) electrons. The van der Waals surface area contributed by atoms with Crippen molar-refractivity contribution in [2.75, 3.05) is 0 Å². The molecule has 3 nitrogen and oxygen atoms in total. The highest BCUT2D eigenvalue weighted by molar-refractivity contribution is 7.86. The Hall–Kier alpha value is -1.08. The molecule has 4 aliphatic rings. The molecule has 0 unspecified atom stereocenters. The van der Waals surface area contributed by atoms with Crippen LogP contribution in [-0.2, 0) is 20.5 Å². The van der Waals surface area contributed by atoms with Gasteiger partial charge in [-0.05, 0) is 80.0 Å². The zero-order valence-corrected chi connectivity index (χ0v) is 13.8. The summed E-state index contributed by atoms with van der Waals surface area (Å²) in [5.41, 5.74) is -0.865. The lowest BCUT2D eigenvalue weighted by molar-refractivity contribution is -0.137. The fourth-order valence-corrected chi connectivity index (χ4v) is 6.23. The van der Waals surface area contributed by atoms with Gasteiger partial charge in [-0.3, -0.25) is 4.18 Å². The van der Waals surface area contributed by atoms with Gasteiger partial charge in [-0.2, -0.15) is 21.6 Å². The first-order valence-electron chi connectivity index (χ1n) is 8.33. The van der Waals surface area contributed by atoms with Crippen molar-refractivity contribution in [1.29, 1.82) is 0 Å². The fourth-order valence-electron chi connectivity index (χ4n) is 5.04. The second-order valence-corrected chi connectivity index (χ2v) is 9.04. The van der Waals surface area contributed by atoms with Gasteiger partial charge in [0.25, 0.3) is 10.1 Å².